The molecular weight excluding hydrogens is 590 g/mol. The average Bonchev–Trinajstić information content (AvgIpc) is 3.00. The molecule has 0 aliphatic rings. The summed E-state index contributed by atoms with van der Waals surface area (Å²) in [5.74, 6) is -1.07. The minimum Gasteiger partial charge on any atom is -0.444 e. The average molecular weight is 638 g/mol. The predicted molar refractivity (Wildman–Crippen MR) is 178 cm³/mol. The van der Waals surface area contributed by atoms with Crippen LogP contribution < -0.4 is 27.0 Å². The van der Waals surface area contributed by atoms with Crippen molar-refractivity contribution in [1.29, 1.82) is 0 Å². The quantitative estimate of drug-likeness (QED) is 0.161. The molecule has 250 valence electrons. The molecule has 0 aliphatic carbocycles. The summed E-state index contributed by atoms with van der Waals surface area (Å²) >= 11 is 0. The van der Waals surface area contributed by atoms with E-state index in [1.54, 1.807) is 69.3 Å². The summed E-state index contributed by atoms with van der Waals surface area (Å²) in [5, 5.41) is 11.1. The second kappa shape index (κ2) is 21.3. The maximum absolute atomic E-state index is 13.2. The number of hydrogen-bond acceptors (Lipinski definition) is 8. The molecule has 2 aromatic carbocycles. The summed E-state index contributed by atoms with van der Waals surface area (Å²) in [7, 11) is 0. The van der Waals surface area contributed by atoms with Crippen molar-refractivity contribution in [3.8, 4) is 0 Å². The molecule has 1 atom stereocenters. The minimum absolute atomic E-state index is 0.221. The minimum atomic E-state index is -0.825. The number of benzene rings is 1. The number of carbonyl (C=O) groups is 4. The van der Waals surface area contributed by atoms with Gasteiger partial charge in [-0.15, -0.1) is 0 Å². The maximum Gasteiger partial charge on any atom is 0.412 e. The molecule has 0 aromatic heterocycles. The monoisotopic (exact) mass is 637 g/mol. The highest BCUT2D eigenvalue weighted by atomic mass is 16.6. The van der Waals surface area contributed by atoms with Crippen molar-refractivity contribution in [1.82, 2.24) is 10.6 Å². The number of nitrogens with one attached hydrogen (secondary N) is 4. The number of anilines is 2. The Balaban J connectivity index is 1.90. The van der Waals surface area contributed by atoms with Crippen LogP contribution in [0.25, 0.3) is 0 Å². The lowest BCUT2D eigenvalue weighted by Gasteiger charge is -2.19. The first-order valence-electron chi connectivity index (χ1n) is 15.3. The molecule has 0 saturated heterocycles. The topological polar surface area (TPSA) is 170 Å². The zero-order valence-electron chi connectivity index (χ0n) is 26.9. The Morgan fingerprint density at radius 1 is 0.761 bits per heavy atom. The first-order valence-corrected chi connectivity index (χ1v) is 15.3. The number of nitrogens with two attached hydrogens (primary N) is 1. The summed E-state index contributed by atoms with van der Waals surface area (Å²) in [4.78, 5) is 50.4. The molecule has 0 aliphatic heterocycles. The van der Waals surface area contributed by atoms with Crippen LogP contribution in [0, 0.1) is 0 Å². The molecule has 2 rings (SSSR count). The van der Waals surface area contributed by atoms with Crippen molar-refractivity contribution in [2.75, 3.05) is 50.2 Å². The molecule has 2 aromatic rings. The van der Waals surface area contributed by atoms with E-state index in [4.69, 9.17) is 19.9 Å². The summed E-state index contributed by atoms with van der Waals surface area (Å²) < 4.78 is 15.8. The van der Waals surface area contributed by atoms with Crippen LogP contribution in [-0.4, -0.2) is 75.0 Å². The van der Waals surface area contributed by atoms with Gasteiger partial charge in [0.25, 0.3) is 5.91 Å². The maximum atomic E-state index is 13.2. The Kier molecular flexibility index (Phi) is 17.4. The van der Waals surface area contributed by atoms with E-state index in [1.807, 2.05) is 30.3 Å². The fourth-order valence-corrected chi connectivity index (χ4v) is 3.88. The highest BCUT2D eigenvalue weighted by Gasteiger charge is 2.21. The largest absolute Gasteiger partial charge is 0.444 e. The van der Waals surface area contributed by atoms with E-state index >= 15 is 0 Å². The second-order valence-corrected chi connectivity index (χ2v) is 11.2. The van der Waals surface area contributed by atoms with Gasteiger partial charge in [-0.05, 0) is 76.4 Å². The van der Waals surface area contributed by atoms with Gasteiger partial charge < -0.3 is 35.9 Å². The number of ether oxygens (including phenoxy) is 3. The van der Waals surface area contributed by atoms with Gasteiger partial charge in [0.2, 0.25) is 11.8 Å². The fraction of sp³-hybridized carbons (Fsp3) is 0.412. The summed E-state index contributed by atoms with van der Waals surface area (Å²) in [5.41, 5.74) is 6.26. The Bertz CT molecular complexity index is 1270. The Morgan fingerprint density at radius 3 is 2.00 bits per heavy atom. The van der Waals surface area contributed by atoms with E-state index in [9.17, 15) is 19.2 Å². The lowest BCUT2D eigenvalue weighted by molar-refractivity contribution is -0.130. The van der Waals surface area contributed by atoms with Gasteiger partial charge >= 0.3 is 6.09 Å². The summed E-state index contributed by atoms with van der Waals surface area (Å²) in [6.07, 6.45) is 0.880. The number of rotatable bonds is 17. The van der Waals surface area contributed by atoms with Crippen molar-refractivity contribution in [2.24, 2.45) is 5.73 Å². The molecule has 4 amide bonds. The van der Waals surface area contributed by atoms with Crippen molar-refractivity contribution < 1.29 is 33.4 Å². The molecule has 6 N–H and O–H groups in total. The lowest BCUT2D eigenvalue weighted by Crippen LogP contribution is -2.45. The zero-order chi connectivity index (χ0) is 33.6. The van der Waals surface area contributed by atoms with Crippen molar-refractivity contribution in [2.45, 2.75) is 51.7 Å². The fourth-order valence-electron chi connectivity index (χ4n) is 3.88. The Morgan fingerprint density at radius 2 is 1.37 bits per heavy atom. The first kappa shape index (κ1) is 37.7. The van der Waals surface area contributed by atoms with Crippen molar-refractivity contribution in [3.63, 3.8) is 0 Å². The van der Waals surface area contributed by atoms with Gasteiger partial charge in [0.05, 0.1) is 19.8 Å². The predicted octanol–water partition coefficient (Wildman–Crippen LogP) is 4.17. The van der Waals surface area contributed by atoms with Crippen LogP contribution in [0.4, 0.5) is 16.2 Å². The van der Waals surface area contributed by atoms with Gasteiger partial charge in [-0.3, -0.25) is 19.7 Å². The van der Waals surface area contributed by atoms with E-state index < -0.39 is 23.6 Å². The summed E-state index contributed by atoms with van der Waals surface area (Å²) in [6, 6.07) is 22.1. The first-order chi connectivity index (χ1) is 22.1. The molecule has 0 fully saturated rings. The van der Waals surface area contributed by atoms with E-state index in [2.05, 4.69) is 21.3 Å². The molecule has 0 radical (unpaired) electrons. The molecule has 0 saturated carbocycles. The van der Waals surface area contributed by atoms with Crippen molar-refractivity contribution in [3.05, 3.63) is 84.4 Å². The zero-order valence-corrected chi connectivity index (χ0v) is 26.9. The molecule has 0 spiro atoms. The van der Waals surface area contributed by atoms with E-state index in [1.165, 1.54) is 0 Å². The summed E-state index contributed by atoms with van der Waals surface area (Å²) in [6.45, 7) is 6.80. The van der Waals surface area contributed by atoms with Crippen LogP contribution in [0.3, 0.4) is 0 Å². The van der Waals surface area contributed by atoms with E-state index in [-0.39, 0.29) is 25.0 Å². The number of carbonyl (C=O) groups excluding carboxylic acids is 4. The van der Waals surface area contributed by atoms with Crippen LogP contribution in [0.2, 0.25) is 0 Å². The third-order valence-electron chi connectivity index (χ3n) is 6.00. The third-order valence-corrected chi connectivity index (χ3v) is 6.00. The lowest BCUT2D eigenvalue weighted by atomic mass is 10.1. The van der Waals surface area contributed by atoms with E-state index in [0.717, 1.165) is 0 Å². The SMILES string of the molecule is CC(C)(C)OC(=O)Nc1ccc(C(=O)NCCCCC(NC(=O)COCCOCCN)C(=O)Nc2ccccccccc2)cc1. The van der Waals surface area contributed by atoms with Crippen LogP contribution >= 0.6 is 0 Å². The smallest absolute Gasteiger partial charge is 0.412 e. The van der Waals surface area contributed by atoms with Gasteiger partial charge in [-0.2, -0.15) is 0 Å². The standard InChI is InChI=1S/C34H47N5O7/c1-34(2,3)46-33(43)38-28-18-16-26(17-19-28)31(41)36-21-12-11-15-29(39-30(40)25-45-24-23-44-22-20-35)32(42)37-27-13-9-7-5-4-6-8-10-14-27/h4-10,13-14,16-19,29H,11-12,15,20-25,35H2,1-3H3,(H,36,41)(H,37,42)(H,38,43)(H,39,40). The number of hydrogen-bond donors (Lipinski definition) is 5. The van der Waals surface area contributed by atoms with Gasteiger partial charge in [0, 0.05) is 30.0 Å². The van der Waals surface area contributed by atoms with Crippen LogP contribution in [0.15, 0.2) is 78.9 Å². The van der Waals surface area contributed by atoms with E-state index in [0.29, 0.717) is 62.5 Å². The Labute approximate surface area is 271 Å². The number of unbranched alkanes of at least 4 members (excludes halogenated alkanes) is 1. The number of amides is 4. The van der Waals surface area contributed by atoms with Gasteiger partial charge in [0.1, 0.15) is 18.2 Å². The van der Waals surface area contributed by atoms with Crippen LogP contribution in [0.5, 0.6) is 0 Å². The second-order valence-electron chi connectivity index (χ2n) is 11.2. The Hall–Kier alpha value is -4.52. The third kappa shape index (κ3) is 17.1. The van der Waals surface area contributed by atoms with Gasteiger partial charge in [-0.1, -0.05) is 42.5 Å². The molecule has 1 unspecified atom stereocenters. The van der Waals surface area contributed by atoms with Crippen LogP contribution in [0.1, 0.15) is 50.4 Å². The van der Waals surface area contributed by atoms with Crippen molar-refractivity contribution >= 4 is 35.2 Å². The molecular formula is C34H47N5O7. The molecule has 12 heteroatoms. The van der Waals surface area contributed by atoms with Gasteiger partial charge in [-0.25, -0.2) is 4.79 Å². The molecule has 0 bridgehead atoms. The normalized spacial score (nSPS) is 11.4. The highest BCUT2D eigenvalue weighted by molar-refractivity contribution is 5.97. The highest BCUT2D eigenvalue weighted by Crippen LogP contribution is 2.13. The molecule has 0 heterocycles. The molecule has 12 nitrogen and oxygen atoms in total. The van der Waals surface area contributed by atoms with Crippen LogP contribution in [-0.2, 0) is 23.8 Å². The molecule has 46 heavy (non-hydrogen) atoms. The van der Waals surface area contributed by atoms with Gasteiger partial charge in [0.15, 0.2) is 0 Å².